The van der Waals surface area contributed by atoms with E-state index in [4.69, 9.17) is 0 Å². The van der Waals surface area contributed by atoms with Gasteiger partial charge in [-0.25, -0.2) is 0 Å². The normalized spacial score (nSPS) is 11.8. The van der Waals surface area contributed by atoms with Crippen LogP contribution in [0.2, 0.25) is 0 Å². The Balaban J connectivity index is 1.90. The van der Waals surface area contributed by atoms with Gasteiger partial charge in [-0.2, -0.15) is 4.80 Å². The third-order valence-corrected chi connectivity index (χ3v) is 3.69. The standard InChI is InChI=1S/C15H19BrN6O2/c1-3-8-17-15(24)10(2)18-13(23)9-22-20-14(19-21-22)11-4-6-12(16)7-5-11/h4-7,10H,3,8-9H2,1-2H3,(H,17,24)(H,18,23)/t10-/m1/s1. The number of benzene rings is 1. The van der Waals surface area contributed by atoms with Crippen molar-refractivity contribution < 1.29 is 9.59 Å². The molecular weight excluding hydrogens is 376 g/mol. The number of carbonyl (C=O) groups excluding carboxylic acids is 2. The zero-order chi connectivity index (χ0) is 17.5. The fourth-order valence-electron chi connectivity index (χ4n) is 1.91. The lowest BCUT2D eigenvalue weighted by Gasteiger charge is -2.13. The fourth-order valence-corrected chi connectivity index (χ4v) is 2.17. The number of carbonyl (C=O) groups is 2. The summed E-state index contributed by atoms with van der Waals surface area (Å²) in [7, 11) is 0. The Morgan fingerprint density at radius 1 is 1.29 bits per heavy atom. The number of rotatable bonds is 7. The molecule has 1 heterocycles. The predicted octanol–water partition coefficient (Wildman–Crippen LogP) is 1.13. The van der Waals surface area contributed by atoms with Gasteiger partial charge in [0.1, 0.15) is 12.6 Å². The van der Waals surface area contributed by atoms with Gasteiger partial charge in [-0.1, -0.05) is 22.9 Å². The molecule has 0 radical (unpaired) electrons. The first kappa shape index (κ1) is 18.1. The third-order valence-electron chi connectivity index (χ3n) is 3.16. The van der Waals surface area contributed by atoms with E-state index in [9.17, 15) is 9.59 Å². The van der Waals surface area contributed by atoms with Gasteiger partial charge in [-0.05, 0) is 42.8 Å². The Morgan fingerprint density at radius 2 is 2.00 bits per heavy atom. The molecule has 0 aliphatic heterocycles. The molecule has 0 spiro atoms. The molecule has 1 aromatic heterocycles. The number of nitrogens with one attached hydrogen (secondary N) is 2. The van der Waals surface area contributed by atoms with Crippen molar-refractivity contribution in [1.29, 1.82) is 0 Å². The Kier molecular flexibility index (Phi) is 6.42. The van der Waals surface area contributed by atoms with Crippen molar-refractivity contribution in [2.75, 3.05) is 6.54 Å². The van der Waals surface area contributed by atoms with Crippen LogP contribution in [0.5, 0.6) is 0 Å². The van der Waals surface area contributed by atoms with Crippen molar-refractivity contribution >= 4 is 27.7 Å². The zero-order valence-electron chi connectivity index (χ0n) is 13.5. The lowest BCUT2D eigenvalue weighted by atomic mass is 10.2. The van der Waals surface area contributed by atoms with Gasteiger partial charge in [0.2, 0.25) is 17.6 Å². The summed E-state index contributed by atoms with van der Waals surface area (Å²) in [4.78, 5) is 24.9. The number of nitrogens with zero attached hydrogens (tertiary/aromatic N) is 4. The molecule has 2 rings (SSSR count). The van der Waals surface area contributed by atoms with Gasteiger partial charge < -0.3 is 10.6 Å². The Bertz CT molecular complexity index is 700. The maximum atomic E-state index is 12.0. The van der Waals surface area contributed by atoms with Crippen LogP contribution in [0.4, 0.5) is 0 Å². The summed E-state index contributed by atoms with van der Waals surface area (Å²) in [6, 6.07) is 6.84. The number of hydrogen-bond donors (Lipinski definition) is 2. The molecule has 0 aliphatic rings. The maximum absolute atomic E-state index is 12.0. The molecule has 0 aliphatic carbocycles. The van der Waals surface area contributed by atoms with E-state index in [1.165, 1.54) is 4.80 Å². The molecule has 0 saturated carbocycles. The van der Waals surface area contributed by atoms with E-state index in [0.29, 0.717) is 12.4 Å². The third kappa shape index (κ3) is 5.12. The molecule has 2 amide bonds. The van der Waals surface area contributed by atoms with Crippen LogP contribution in [0.15, 0.2) is 28.7 Å². The first-order chi connectivity index (χ1) is 11.5. The molecule has 24 heavy (non-hydrogen) atoms. The molecule has 9 heteroatoms. The summed E-state index contributed by atoms with van der Waals surface area (Å²) in [5.41, 5.74) is 0.803. The Hall–Kier alpha value is -2.29. The largest absolute Gasteiger partial charge is 0.354 e. The summed E-state index contributed by atoms with van der Waals surface area (Å²) >= 11 is 3.36. The van der Waals surface area contributed by atoms with Crippen LogP contribution in [0.1, 0.15) is 20.3 Å². The second-order valence-corrected chi connectivity index (χ2v) is 6.15. The van der Waals surface area contributed by atoms with Gasteiger partial charge >= 0.3 is 0 Å². The second kappa shape index (κ2) is 8.53. The minimum Gasteiger partial charge on any atom is -0.354 e. The van der Waals surface area contributed by atoms with E-state index in [1.807, 2.05) is 31.2 Å². The summed E-state index contributed by atoms with van der Waals surface area (Å²) in [5, 5.41) is 17.3. The van der Waals surface area contributed by atoms with E-state index < -0.39 is 6.04 Å². The number of aromatic nitrogens is 4. The van der Waals surface area contributed by atoms with E-state index >= 15 is 0 Å². The summed E-state index contributed by atoms with van der Waals surface area (Å²) in [6.07, 6.45) is 0.841. The van der Waals surface area contributed by atoms with Crippen LogP contribution in [0, 0.1) is 0 Å². The van der Waals surface area contributed by atoms with E-state index in [-0.39, 0.29) is 18.4 Å². The lowest BCUT2D eigenvalue weighted by Crippen LogP contribution is -2.46. The highest BCUT2D eigenvalue weighted by atomic mass is 79.9. The summed E-state index contributed by atoms with van der Waals surface area (Å²) in [6.45, 7) is 4.07. The van der Waals surface area contributed by atoms with Gasteiger partial charge in [-0.15, -0.1) is 10.2 Å². The molecule has 128 valence electrons. The Morgan fingerprint density at radius 3 is 2.67 bits per heavy atom. The molecule has 0 saturated heterocycles. The smallest absolute Gasteiger partial charge is 0.244 e. The summed E-state index contributed by atoms with van der Waals surface area (Å²) < 4.78 is 0.952. The molecule has 2 aromatic rings. The van der Waals surface area contributed by atoms with Crippen molar-refractivity contribution in [1.82, 2.24) is 30.8 Å². The molecule has 0 unspecified atom stereocenters. The van der Waals surface area contributed by atoms with E-state index in [0.717, 1.165) is 16.5 Å². The van der Waals surface area contributed by atoms with Gasteiger partial charge in [0, 0.05) is 16.6 Å². The second-order valence-electron chi connectivity index (χ2n) is 5.23. The fraction of sp³-hybridized carbons (Fsp3) is 0.400. The topological polar surface area (TPSA) is 102 Å². The van der Waals surface area contributed by atoms with Crippen LogP contribution < -0.4 is 10.6 Å². The average molecular weight is 395 g/mol. The Labute approximate surface area is 148 Å². The number of amides is 2. The maximum Gasteiger partial charge on any atom is 0.244 e. The molecule has 2 N–H and O–H groups in total. The molecular formula is C15H19BrN6O2. The first-order valence-corrected chi connectivity index (χ1v) is 8.39. The van der Waals surface area contributed by atoms with E-state index in [2.05, 4.69) is 42.0 Å². The van der Waals surface area contributed by atoms with Gasteiger partial charge in [0.05, 0.1) is 0 Å². The van der Waals surface area contributed by atoms with Crippen molar-refractivity contribution in [2.24, 2.45) is 0 Å². The molecule has 8 nitrogen and oxygen atoms in total. The number of hydrogen-bond acceptors (Lipinski definition) is 5. The van der Waals surface area contributed by atoms with Crippen molar-refractivity contribution in [3.63, 3.8) is 0 Å². The van der Waals surface area contributed by atoms with Gasteiger partial charge in [0.25, 0.3) is 0 Å². The molecule has 0 bridgehead atoms. The van der Waals surface area contributed by atoms with Gasteiger partial charge in [0.15, 0.2) is 0 Å². The lowest BCUT2D eigenvalue weighted by molar-refractivity contribution is -0.129. The molecule has 1 atom stereocenters. The SMILES string of the molecule is CCCNC(=O)[C@@H](C)NC(=O)Cn1nnc(-c2ccc(Br)cc2)n1. The van der Waals surface area contributed by atoms with Gasteiger partial charge in [-0.3, -0.25) is 9.59 Å². The number of tetrazole rings is 1. The minimum absolute atomic E-state index is 0.102. The number of halogens is 1. The highest BCUT2D eigenvalue weighted by molar-refractivity contribution is 9.10. The van der Waals surface area contributed by atoms with Crippen LogP contribution in [0.3, 0.4) is 0 Å². The molecule has 1 aromatic carbocycles. The van der Waals surface area contributed by atoms with Crippen molar-refractivity contribution in [2.45, 2.75) is 32.9 Å². The first-order valence-electron chi connectivity index (χ1n) is 7.60. The van der Waals surface area contributed by atoms with Crippen LogP contribution >= 0.6 is 15.9 Å². The quantitative estimate of drug-likeness (QED) is 0.732. The highest BCUT2D eigenvalue weighted by Crippen LogP contribution is 2.17. The van der Waals surface area contributed by atoms with Crippen LogP contribution in [0.25, 0.3) is 11.4 Å². The zero-order valence-corrected chi connectivity index (χ0v) is 15.1. The van der Waals surface area contributed by atoms with Crippen molar-refractivity contribution in [3.8, 4) is 11.4 Å². The minimum atomic E-state index is -0.612. The summed E-state index contributed by atoms with van der Waals surface area (Å²) in [5.74, 6) is -0.134. The average Bonchev–Trinajstić information content (AvgIpc) is 3.01. The highest BCUT2D eigenvalue weighted by Gasteiger charge is 2.16. The van der Waals surface area contributed by atoms with Crippen LogP contribution in [-0.4, -0.2) is 44.6 Å². The van der Waals surface area contributed by atoms with Crippen molar-refractivity contribution in [3.05, 3.63) is 28.7 Å². The monoisotopic (exact) mass is 394 g/mol. The molecule has 0 fully saturated rings. The van der Waals surface area contributed by atoms with E-state index in [1.54, 1.807) is 6.92 Å². The predicted molar refractivity (Wildman–Crippen MR) is 91.9 cm³/mol. The van der Waals surface area contributed by atoms with Crippen LogP contribution in [-0.2, 0) is 16.1 Å².